The summed E-state index contributed by atoms with van der Waals surface area (Å²) in [7, 11) is 0. The number of hydrogen-bond donors (Lipinski definition) is 2. The quantitative estimate of drug-likeness (QED) is 0.855. The van der Waals surface area contributed by atoms with Gasteiger partial charge in [-0.25, -0.2) is 4.39 Å². The smallest absolute Gasteiger partial charge is 0.250 e. The van der Waals surface area contributed by atoms with Gasteiger partial charge >= 0.3 is 0 Å². The van der Waals surface area contributed by atoms with Gasteiger partial charge in [-0.2, -0.15) is 0 Å². The molecular formula is C14H19FN2O2. The summed E-state index contributed by atoms with van der Waals surface area (Å²) in [6.07, 6.45) is 3.18. The Morgan fingerprint density at radius 3 is 3.05 bits per heavy atom. The van der Waals surface area contributed by atoms with E-state index in [1.165, 1.54) is 12.1 Å². The summed E-state index contributed by atoms with van der Waals surface area (Å²) in [5.74, 6) is -0.298. The van der Waals surface area contributed by atoms with Crippen LogP contribution in [0.15, 0.2) is 24.3 Å². The molecule has 0 radical (unpaired) electrons. The molecule has 0 bridgehead atoms. The first-order chi connectivity index (χ1) is 9.19. The number of hydrogen-bond acceptors (Lipinski definition) is 3. The van der Waals surface area contributed by atoms with Gasteiger partial charge in [0.25, 0.3) is 0 Å². The number of nitrogens with one attached hydrogen (secondary N) is 1. The van der Waals surface area contributed by atoms with Gasteiger partial charge in [-0.3, -0.25) is 4.79 Å². The molecule has 19 heavy (non-hydrogen) atoms. The SMILES string of the molecule is NCC1CCCC1OCC(=O)Nc1cccc(F)c1. The van der Waals surface area contributed by atoms with Crippen LogP contribution in [0, 0.1) is 11.7 Å². The Labute approximate surface area is 112 Å². The van der Waals surface area contributed by atoms with E-state index in [-0.39, 0.29) is 24.4 Å². The van der Waals surface area contributed by atoms with E-state index in [0.29, 0.717) is 18.2 Å². The Kier molecular flexibility index (Phi) is 4.87. The summed E-state index contributed by atoms with van der Waals surface area (Å²) in [5.41, 5.74) is 6.09. The van der Waals surface area contributed by atoms with E-state index in [1.807, 2.05) is 0 Å². The number of ether oxygens (including phenoxy) is 1. The molecule has 0 spiro atoms. The van der Waals surface area contributed by atoms with Crippen LogP contribution in [-0.4, -0.2) is 25.2 Å². The van der Waals surface area contributed by atoms with E-state index in [4.69, 9.17) is 10.5 Å². The fourth-order valence-electron chi connectivity index (χ4n) is 2.44. The second-order valence-corrected chi connectivity index (χ2v) is 4.83. The molecule has 1 aromatic carbocycles. The normalized spacial score (nSPS) is 22.4. The summed E-state index contributed by atoms with van der Waals surface area (Å²) in [6, 6.07) is 5.79. The first kappa shape index (κ1) is 14.0. The summed E-state index contributed by atoms with van der Waals surface area (Å²) < 4.78 is 18.5. The van der Waals surface area contributed by atoms with Crippen LogP contribution >= 0.6 is 0 Å². The molecule has 1 aromatic rings. The molecule has 2 unspecified atom stereocenters. The van der Waals surface area contributed by atoms with Crippen molar-refractivity contribution in [3.8, 4) is 0 Å². The van der Waals surface area contributed by atoms with E-state index in [9.17, 15) is 9.18 Å². The van der Waals surface area contributed by atoms with Crippen LogP contribution in [0.25, 0.3) is 0 Å². The van der Waals surface area contributed by atoms with Crippen molar-refractivity contribution in [3.05, 3.63) is 30.1 Å². The molecule has 1 amide bonds. The largest absolute Gasteiger partial charge is 0.368 e. The van der Waals surface area contributed by atoms with E-state index >= 15 is 0 Å². The highest BCUT2D eigenvalue weighted by Gasteiger charge is 2.27. The highest BCUT2D eigenvalue weighted by Crippen LogP contribution is 2.27. The zero-order chi connectivity index (χ0) is 13.7. The lowest BCUT2D eigenvalue weighted by Gasteiger charge is -2.18. The third-order valence-electron chi connectivity index (χ3n) is 3.43. The average Bonchev–Trinajstić information content (AvgIpc) is 2.83. The third kappa shape index (κ3) is 4.01. The van der Waals surface area contributed by atoms with Crippen molar-refractivity contribution in [1.29, 1.82) is 0 Å². The number of nitrogens with two attached hydrogens (primary N) is 1. The fraction of sp³-hybridized carbons (Fsp3) is 0.500. The molecule has 3 N–H and O–H groups in total. The van der Waals surface area contributed by atoms with Crippen LogP contribution in [-0.2, 0) is 9.53 Å². The number of rotatable bonds is 5. The Hall–Kier alpha value is -1.46. The van der Waals surface area contributed by atoms with E-state index in [2.05, 4.69) is 5.32 Å². The number of amides is 1. The molecule has 0 saturated heterocycles. The minimum absolute atomic E-state index is 0.0162. The topological polar surface area (TPSA) is 64.3 Å². The zero-order valence-corrected chi connectivity index (χ0v) is 10.8. The molecule has 1 aliphatic carbocycles. The molecule has 5 heteroatoms. The number of carbonyl (C=O) groups is 1. The lowest BCUT2D eigenvalue weighted by molar-refractivity contribution is -0.123. The molecule has 2 atom stereocenters. The minimum atomic E-state index is -0.377. The number of halogens is 1. The molecule has 1 aliphatic rings. The van der Waals surface area contributed by atoms with Crippen molar-refractivity contribution in [2.24, 2.45) is 11.7 Å². The predicted octanol–water partition coefficient (Wildman–Crippen LogP) is 1.91. The summed E-state index contributed by atoms with van der Waals surface area (Å²) >= 11 is 0. The molecule has 0 heterocycles. The van der Waals surface area contributed by atoms with E-state index in [1.54, 1.807) is 12.1 Å². The molecular weight excluding hydrogens is 247 g/mol. The van der Waals surface area contributed by atoms with Crippen molar-refractivity contribution < 1.29 is 13.9 Å². The lowest BCUT2D eigenvalue weighted by Crippen LogP contribution is -2.29. The summed E-state index contributed by atoms with van der Waals surface area (Å²) in [6.45, 7) is 0.577. The molecule has 1 fully saturated rings. The van der Waals surface area contributed by atoms with Gasteiger partial charge in [0.15, 0.2) is 0 Å². The highest BCUT2D eigenvalue weighted by molar-refractivity contribution is 5.91. The minimum Gasteiger partial charge on any atom is -0.368 e. The Bertz CT molecular complexity index is 439. The van der Waals surface area contributed by atoms with Crippen molar-refractivity contribution in [2.45, 2.75) is 25.4 Å². The first-order valence-corrected chi connectivity index (χ1v) is 6.56. The van der Waals surface area contributed by atoms with Crippen LogP contribution in [0.3, 0.4) is 0 Å². The predicted molar refractivity (Wildman–Crippen MR) is 71.2 cm³/mol. The van der Waals surface area contributed by atoms with Crippen LogP contribution in [0.1, 0.15) is 19.3 Å². The zero-order valence-electron chi connectivity index (χ0n) is 10.8. The monoisotopic (exact) mass is 266 g/mol. The Morgan fingerprint density at radius 1 is 1.47 bits per heavy atom. The van der Waals surface area contributed by atoms with Crippen molar-refractivity contribution >= 4 is 11.6 Å². The second-order valence-electron chi connectivity index (χ2n) is 4.83. The van der Waals surface area contributed by atoms with E-state index in [0.717, 1.165) is 19.3 Å². The van der Waals surface area contributed by atoms with Crippen LogP contribution < -0.4 is 11.1 Å². The molecule has 1 saturated carbocycles. The van der Waals surface area contributed by atoms with Crippen LogP contribution in [0.4, 0.5) is 10.1 Å². The summed E-state index contributed by atoms with van der Waals surface area (Å²) in [4.78, 5) is 11.7. The third-order valence-corrected chi connectivity index (χ3v) is 3.43. The first-order valence-electron chi connectivity index (χ1n) is 6.56. The maximum atomic E-state index is 12.9. The van der Waals surface area contributed by atoms with Crippen LogP contribution in [0.5, 0.6) is 0 Å². The van der Waals surface area contributed by atoms with Crippen molar-refractivity contribution in [1.82, 2.24) is 0 Å². The highest BCUT2D eigenvalue weighted by atomic mass is 19.1. The van der Waals surface area contributed by atoms with Gasteiger partial charge < -0.3 is 15.8 Å². The van der Waals surface area contributed by atoms with Gasteiger partial charge in [-0.1, -0.05) is 12.5 Å². The van der Waals surface area contributed by atoms with Gasteiger partial charge in [-0.15, -0.1) is 0 Å². The van der Waals surface area contributed by atoms with E-state index < -0.39 is 0 Å². The molecule has 0 aromatic heterocycles. The molecule has 104 valence electrons. The Morgan fingerprint density at radius 2 is 2.32 bits per heavy atom. The van der Waals surface area contributed by atoms with Crippen LogP contribution in [0.2, 0.25) is 0 Å². The Balaban J connectivity index is 1.78. The van der Waals surface area contributed by atoms with Gasteiger partial charge in [-0.05, 0) is 43.5 Å². The molecule has 0 aliphatic heterocycles. The lowest BCUT2D eigenvalue weighted by atomic mass is 10.1. The fourth-order valence-corrected chi connectivity index (χ4v) is 2.44. The maximum Gasteiger partial charge on any atom is 0.250 e. The van der Waals surface area contributed by atoms with Gasteiger partial charge in [0.05, 0.1) is 6.10 Å². The second kappa shape index (κ2) is 6.63. The maximum absolute atomic E-state index is 12.9. The summed E-state index contributed by atoms with van der Waals surface area (Å²) in [5, 5.41) is 2.60. The standard InChI is InChI=1S/C14H19FN2O2/c15-11-4-2-5-12(7-11)17-14(18)9-19-13-6-1-3-10(13)8-16/h2,4-5,7,10,13H,1,3,6,8-9,16H2,(H,17,18). The molecule has 4 nitrogen and oxygen atoms in total. The average molecular weight is 266 g/mol. The number of carbonyl (C=O) groups excluding carboxylic acids is 1. The van der Waals surface area contributed by atoms with Crippen molar-refractivity contribution in [2.75, 3.05) is 18.5 Å². The van der Waals surface area contributed by atoms with Crippen molar-refractivity contribution in [3.63, 3.8) is 0 Å². The molecule has 2 rings (SSSR count). The number of anilines is 1. The number of benzene rings is 1. The van der Waals surface area contributed by atoms with Gasteiger partial charge in [0.1, 0.15) is 12.4 Å². The van der Waals surface area contributed by atoms with Gasteiger partial charge in [0.2, 0.25) is 5.91 Å². The van der Waals surface area contributed by atoms with Gasteiger partial charge in [0, 0.05) is 5.69 Å².